The van der Waals surface area contributed by atoms with Crippen molar-refractivity contribution in [3.63, 3.8) is 0 Å². The number of carbonyl (C=O) groups excluding carboxylic acids is 1. The summed E-state index contributed by atoms with van der Waals surface area (Å²) in [4.78, 5) is 27.7. The molecule has 1 heterocycles. The summed E-state index contributed by atoms with van der Waals surface area (Å²) in [6, 6.07) is 1.33. The monoisotopic (exact) mass is 253 g/mol. The molecule has 0 fully saturated rings. The van der Waals surface area contributed by atoms with Gasteiger partial charge in [0, 0.05) is 13.2 Å². The van der Waals surface area contributed by atoms with Gasteiger partial charge in [-0.2, -0.15) is 0 Å². The minimum atomic E-state index is -1.35. The van der Waals surface area contributed by atoms with Crippen molar-refractivity contribution in [3.05, 3.63) is 24.5 Å². The van der Waals surface area contributed by atoms with Crippen LogP contribution in [0.2, 0.25) is 0 Å². The molecule has 2 atom stereocenters. The molecule has 3 N–H and O–H groups in total. The molecule has 0 radical (unpaired) electrons. The molecule has 0 bridgehead atoms. The maximum atomic E-state index is 11.8. The van der Waals surface area contributed by atoms with Crippen molar-refractivity contribution in [1.82, 2.24) is 10.3 Å². The average Bonchev–Trinajstić information content (AvgIpc) is 2.35. The Bertz CT molecular complexity index is 422. The Morgan fingerprint density at radius 3 is 2.61 bits per heavy atom. The number of nitrogens with zero attached hydrogens (tertiary/aromatic N) is 2. The molecule has 7 nitrogen and oxygen atoms in total. The number of hydrogen-bond acceptors (Lipinski definition) is 4. The van der Waals surface area contributed by atoms with Crippen molar-refractivity contribution < 1.29 is 19.8 Å². The van der Waals surface area contributed by atoms with Crippen molar-refractivity contribution in [2.45, 2.75) is 19.1 Å². The lowest BCUT2D eigenvalue weighted by Crippen LogP contribution is -2.51. The van der Waals surface area contributed by atoms with Gasteiger partial charge in [0.25, 0.3) is 0 Å². The topological polar surface area (TPSA) is 103 Å². The van der Waals surface area contributed by atoms with Crippen LogP contribution in [-0.4, -0.2) is 46.4 Å². The van der Waals surface area contributed by atoms with Gasteiger partial charge in [-0.15, -0.1) is 0 Å². The van der Waals surface area contributed by atoms with Crippen molar-refractivity contribution in [1.29, 1.82) is 0 Å². The number of urea groups is 1. The number of nitrogens with one attached hydrogen (secondary N) is 1. The van der Waals surface area contributed by atoms with Crippen LogP contribution < -0.4 is 10.2 Å². The second kappa shape index (κ2) is 5.97. The third kappa shape index (κ3) is 3.42. The first-order valence-electron chi connectivity index (χ1n) is 5.28. The third-order valence-corrected chi connectivity index (χ3v) is 2.37. The lowest BCUT2D eigenvalue weighted by Gasteiger charge is -2.22. The van der Waals surface area contributed by atoms with E-state index in [0.717, 1.165) is 0 Å². The Kier molecular flexibility index (Phi) is 4.61. The van der Waals surface area contributed by atoms with Gasteiger partial charge in [-0.1, -0.05) is 0 Å². The maximum absolute atomic E-state index is 11.8. The Balaban J connectivity index is 2.73. The average molecular weight is 253 g/mol. The smallest absolute Gasteiger partial charge is 0.328 e. The second-order valence-electron chi connectivity index (χ2n) is 3.78. The number of aliphatic carboxylic acids is 1. The number of hydrogen-bond donors (Lipinski definition) is 3. The second-order valence-corrected chi connectivity index (χ2v) is 3.78. The molecule has 18 heavy (non-hydrogen) atoms. The van der Waals surface area contributed by atoms with Crippen LogP contribution in [0.3, 0.4) is 0 Å². The van der Waals surface area contributed by atoms with Crippen LogP contribution in [0.25, 0.3) is 0 Å². The number of aromatic nitrogens is 1. The number of aliphatic hydroxyl groups is 1. The highest BCUT2D eigenvalue weighted by molar-refractivity contribution is 5.93. The summed E-state index contributed by atoms with van der Waals surface area (Å²) in [5.74, 6) is -1.29. The van der Waals surface area contributed by atoms with Crippen molar-refractivity contribution >= 4 is 17.7 Å². The predicted octanol–water partition coefficient (Wildman–Crippen LogP) is 0.0614. The minimum Gasteiger partial charge on any atom is -0.480 e. The normalized spacial score (nSPS) is 13.5. The van der Waals surface area contributed by atoms with Gasteiger partial charge in [0.05, 0.1) is 18.0 Å². The molecular formula is C11H15N3O4. The molecule has 1 aromatic rings. The number of aliphatic hydroxyl groups excluding tert-OH is 1. The lowest BCUT2D eigenvalue weighted by atomic mass is 10.2. The van der Waals surface area contributed by atoms with Crippen LogP contribution in [0, 0.1) is 0 Å². The molecule has 0 aliphatic heterocycles. The Morgan fingerprint density at radius 2 is 2.17 bits per heavy atom. The molecule has 1 aromatic heterocycles. The summed E-state index contributed by atoms with van der Waals surface area (Å²) < 4.78 is 0. The Labute approximate surface area is 104 Å². The zero-order valence-electron chi connectivity index (χ0n) is 10.1. The van der Waals surface area contributed by atoms with Crippen LogP contribution in [0.1, 0.15) is 6.92 Å². The van der Waals surface area contributed by atoms with E-state index >= 15 is 0 Å². The van der Waals surface area contributed by atoms with Crippen LogP contribution >= 0.6 is 0 Å². The van der Waals surface area contributed by atoms with E-state index in [-0.39, 0.29) is 0 Å². The van der Waals surface area contributed by atoms with Crippen molar-refractivity contribution in [2.24, 2.45) is 0 Å². The van der Waals surface area contributed by atoms with Gasteiger partial charge in [0.2, 0.25) is 0 Å². The zero-order valence-corrected chi connectivity index (χ0v) is 10.1. The van der Waals surface area contributed by atoms with Gasteiger partial charge in [0.15, 0.2) is 6.04 Å². The largest absolute Gasteiger partial charge is 0.480 e. The van der Waals surface area contributed by atoms with E-state index in [4.69, 9.17) is 5.11 Å². The van der Waals surface area contributed by atoms with Crippen LogP contribution in [0.15, 0.2) is 24.5 Å². The van der Waals surface area contributed by atoms with Gasteiger partial charge in [-0.25, -0.2) is 9.59 Å². The van der Waals surface area contributed by atoms with Crippen molar-refractivity contribution in [3.8, 4) is 0 Å². The van der Waals surface area contributed by atoms with Gasteiger partial charge < -0.3 is 15.5 Å². The molecule has 0 saturated heterocycles. The van der Waals surface area contributed by atoms with Gasteiger partial charge in [0.1, 0.15) is 0 Å². The van der Waals surface area contributed by atoms with Gasteiger partial charge >= 0.3 is 12.0 Å². The fourth-order valence-corrected chi connectivity index (χ4v) is 1.29. The molecule has 0 spiro atoms. The quantitative estimate of drug-likeness (QED) is 0.704. The number of carbonyl (C=O) groups is 2. The van der Waals surface area contributed by atoms with E-state index < -0.39 is 24.1 Å². The number of rotatable bonds is 4. The summed E-state index contributed by atoms with van der Waals surface area (Å²) >= 11 is 0. The summed E-state index contributed by atoms with van der Waals surface area (Å²) in [6.07, 6.45) is 1.84. The summed E-state index contributed by atoms with van der Waals surface area (Å²) in [5, 5.41) is 20.3. The molecule has 0 aromatic carbocycles. The molecule has 2 amide bonds. The first kappa shape index (κ1) is 13.9. The minimum absolute atomic E-state index is 0.518. The van der Waals surface area contributed by atoms with Crippen LogP contribution in [0.4, 0.5) is 10.5 Å². The SMILES string of the molecule is C[C@@H](O)[C@H](NC(=O)N(C)c1cccnc1)C(=O)O. The first-order valence-corrected chi connectivity index (χ1v) is 5.28. The molecule has 0 saturated carbocycles. The standard InChI is InChI=1S/C11H15N3O4/c1-7(15)9(10(16)17)13-11(18)14(2)8-4-3-5-12-6-8/h3-7,9,15H,1-2H3,(H,13,18)(H,16,17)/t7-,9+/m1/s1. The fraction of sp³-hybridized carbons (Fsp3) is 0.364. The first-order chi connectivity index (χ1) is 8.43. The highest BCUT2D eigenvalue weighted by Crippen LogP contribution is 2.09. The maximum Gasteiger partial charge on any atom is 0.328 e. The molecule has 0 aliphatic carbocycles. The Hall–Kier alpha value is -2.15. The molecule has 0 unspecified atom stereocenters. The zero-order chi connectivity index (χ0) is 13.7. The van der Waals surface area contributed by atoms with E-state index in [1.54, 1.807) is 18.3 Å². The summed E-state index contributed by atoms with van der Waals surface area (Å²) in [6.45, 7) is 1.29. The Morgan fingerprint density at radius 1 is 1.50 bits per heavy atom. The molecule has 1 rings (SSSR count). The van der Waals surface area contributed by atoms with Crippen LogP contribution in [-0.2, 0) is 4.79 Å². The highest BCUT2D eigenvalue weighted by Gasteiger charge is 2.26. The lowest BCUT2D eigenvalue weighted by molar-refractivity contribution is -0.141. The fourth-order valence-electron chi connectivity index (χ4n) is 1.29. The van der Waals surface area contributed by atoms with Gasteiger partial charge in [-0.3, -0.25) is 9.88 Å². The van der Waals surface area contributed by atoms with Gasteiger partial charge in [-0.05, 0) is 19.1 Å². The van der Waals surface area contributed by atoms with Crippen molar-refractivity contribution in [2.75, 3.05) is 11.9 Å². The number of anilines is 1. The number of amides is 2. The van der Waals surface area contributed by atoms with E-state index in [9.17, 15) is 14.7 Å². The van der Waals surface area contributed by atoms with E-state index in [0.29, 0.717) is 5.69 Å². The highest BCUT2D eigenvalue weighted by atomic mass is 16.4. The summed E-state index contributed by atoms with van der Waals surface area (Å²) in [7, 11) is 1.48. The number of carboxylic acids is 1. The summed E-state index contributed by atoms with van der Waals surface area (Å²) in [5.41, 5.74) is 0.518. The third-order valence-electron chi connectivity index (χ3n) is 2.37. The van der Waals surface area contributed by atoms with E-state index in [1.165, 1.54) is 25.1 Å². The molecule has 7 heteroatoms. The molecule has 98 valence electrons. The predicted molar refractivity (Wildman–Crippen MR) is 64.3 cm³/mol. The number of carboxylic acid groups (broad SMARTS) is 1. The van der Waals surface area contributed by atoms with E-state index in [1.807, 2.05) is 0 Å². The number of pyridine rings is 1. The van der Waals surface area contributed by atoms with Crippen LogP contribution in [0.5, 0.6) is 0 Å². The molecule has 0 aliphatic rings. The van der Waals surface area contributed by atoms with E-state index in [2.05, 4.69) is 10.3 Å². The molecular weight excluding hydrogens is 238 g/mol.